The van der Waals surface area contributed by atoms with Crippen molar-refractivity contribution in [3.63, 3.8) is 0 Å². The summed E-state index contributed by atoms with van der Waals surface area (Å²) in [6, 6.07) is 12.5. The smallest absolute Gasteiger partial charge is 0 e. The van der Waals surface area contributed by atoms with Gasteiger partial charge in [-0.2, -0.15) is 36.4 Å². The van der Waals surface area contributed by atoms with Gasteiger partial charge in [0.05, 0.1) is 0 Å². The Kier molecular flexibility index (Phi) is 52.8. The van der Waals surface area contributed by atoms with Crippen LogP contribution in [0.2, 0.25) is 0 Å². The summed E-state index contributed by atoms with van der Waals surface area (Å²) in [5, 5.41) is 0. The molecule has 1 heteroatoms. The molecule has 0 bridgehead atoms. The minimum atomic E-state index is 0. The molecular weight excluding hydrogens is 233 g/mol. The average Bonchev–Trinajstić information content (AvgIpc) is 2.12. The second kappa shape index (κ2) is 29.5. The second-order valence-corrected chi connectivity index (χ2v) is 1.78. The predicted molar refractivity (Wildman–Crippen MR) is 59.0 cm³/mol. The molecule has 75 valence electrons. The summed E-state index contributed by atoms with van der Waals surface area (Å²) >= 11 is 0. The largest absolute Gasteiger partial charge is 0.358 e. The molecule has 0 aliphatic heterocycles. The Hall–Kier alpha value is 0.324. The Morgan fingerprint density at radius 2 is 1.23 bits per heavy atom. The number of hydrogen-bond acceptors (Lipinski definition) is 0. The van der Waals surface area contributed by atoms with Gasteiger partial charge in [-0.05, 0) is 0 Å². The van der Waals surface area contributed by atoms with Crippen LogP contribution in [0.3, 0.4) is 0 Å². The molecule has 0 aromatic heterocycles. The summed E-state index contributed by atoms with van der Waals surface area (Å²) in [5.41, 5.74) is 0. The van der Waals surface area contributed by atoms with Gasteiger partial charge in [0.15, 0.2) is 0 Å². The predicted octanol–water partition coefficient (Wildman–Crippen LogP) is 4.38. The zero-order valence-electron chi connectivity index (χ0n) is 9.67. The summed E-state index contributed by atoms with van der Waals surface area (Å²) in [7, 11) is 0. The van der Waals surface area contributed by atoms with Gasteiger partial charge in [0.2, 0.25) is 0 Å². The van der Waals surface area contributed by atoms with Crippen molar-refractivity contribution in [3.8, 4) is 0 Å². The van der Waals surface area contributed by atoms with E-state index in [1.165, 1.54) is 6.42 Å². The Bertz CT molecular complexity index is 88.0. The van der Waals surface area contributed by atoms with Crippen LogP contribution >= 0.6 is 0 Å². The van der Waals surface area contributed by atoms with Gasteiger partial charge in [0.25, 0.3) is 0 Å². The zero-order chi connectivity index (χ0) is 8.95. The van der Waals surface area contributed by atoms with Crippen LogP contribution in [0.4, 0.5) is 0 Å². The van der Waals surface area contributed by atoms with Gasteiger partial charge in [-0.3, -0.25) is 0 Å². The summed E-state index contributed by atoms with van der Waals surface area (Å²) < 4.78 is 0. The van der Waals surface area contributed by atoms with Crippen LogP contribution in [0.15, 0.2) is 30.3 Å². The molecule has 1 rings (SSSR count). The molecule has 0 aliphatic carbocycles. The summed E-state index contributed by atoms with van der Waals surface area (Å²) in [4.78, 5) is 0. The zero-order valence-corrected chi connectivity index (χ0v) is 12.5. The first-order chi connectivity index (χ1) is 5.41. The van der Waals surface area contributed by atoms with Crippen LogP contribution in [-0.2, 0) is 32.7 Å². The van der Waals surface area contributed by atoms with Crippen molar-refractivity contribution in [1.82, 2.24) is 0 Å². The van der Waals surface area contributed by atoms with E-state index < -0.39 is 0 Å². The second-order valence-electron chi connectivity index (χ2n) is 1.78. The molecule has 1 aromatic rings. The van der Waals surface area contributed by atoms with E-state index in [0.717, 1.165) is 0 Å². The quantitative estimate of drug-likeness (QED) is 0.603. The first-order valence-electron chi connectivity index (χ1n) is 4.32. The SMILES string of the molecule is CC.CCC.[CH3-].[Y].[c-]1ccccc1. The molecule has 1 aromatic carbocycles. The van der Waals surface area contributed by atoms with E-state index in [4.69, 9.17) is 0 Å². The van der Waals surface area contributed by atoms with Gasteiger partial charge in [-0.15, -0.1) is 0 Å². The van der Waals surface area contributed by atoms with Gasteiger partial charge in [-0.25, -0.2) is 0 Å². The third-order valence-corrected chi connectivity index (χ3v) is 0.607. The minimum absolute atomic E-state index is 0. The standard InChI is InChI=1S/C6H5.C3H8.C2H6.CH3.Y/c1-2-4-6-5-3-1;1-3-2;1-2;;/h1-5H;3H2,1-2H3;1-2H3;1H3;/q-1;;;-1;. The van der Waals surface area contributed by atoms with Crippen LogP contribution in [-0.4, -0.2) is 0 Å². The number of rotatable bonds is 0. The van der Waals surface area contributed by atoms with Crippen molar-refractivity contribution < 1.29 is 32.7 Å². The molecule has 0 nitrogen and oxygen atoms in total. The molecule has 0 saturated carbocycles. The Balaban J connectivity index is -0.0000000517. The molecule has 1 radical (unpaired) electrons. The first-order valence-corrected chi connectivity index (χ1v) is 4.32. The van der Waals surface area contributed by atoms with Crippen molar-refractivity contribution in [2.24, 2.45) is 0 Å². The van der Waals surface area contributed by atoms with E-state index in [0.29, 0.717) is 0 Å². The maximum atomic E-state index is 2.89. The summed E-state index contributed by atoms with van der Waals surface area (Å²) in [6.07, 6.45) is 1.25. The van der Waals surface area contributed by atoms with Crippen molar-refractivity contribution in [1.29, 1.82) is 0 Å². The molecule has 0 heterocycles. The topological polar surface area (TPSA) is 0 Å². The molecule has 0 amide bonds. The van der Waals surface area contributed by atoms with Crippen LogP contribution in [0.1, 0.15) is 34.1 Å². The fraction of sp³-hybridized carbons (Fsp3) is 0.417. The Labute approximate surface area is 110 Å². The Morgan fingerprint density at radius 1 is 0.923 bits per heavy atom. The van der Waals surface area contributed by atoms with Crippen molar-refractivity contribution in [2.45, 2.75) is 34.1 Å². The maximum absolute atomic E-state index is 2.89. The van der Waals surface area contributed by atoms with Crippen molar-refractivity contribution >= 4 is 0 Å². The Morgan fingerprint density at radius 3 is 1.31 bits per heavy atom. The fourth-order valence-corrected chi connectivity index (χ4v) is 0.342. The summed E-state index contributed by atoms with van der Waals surface area (Å²) in [5.74, 6) is 0. The molecular formula is C12H22Y-2. The van der Waals surface area contributed by atoms with E-state index in [1.807, 2.05) is 44.2 Å². The van der Waals surface area contributed by atoms with Crippen LogP contribution in [0.5, 0.6) is 0 Å². The molecule has 0 spiro atoms. The van der Waals surface area contributed by atoms with Gasteiger partial charge in [0, 0.05) is 32.7 Å². The molecule has 0 aliphatic rings. The number of hydrogen-bond donors (Lipinski definition) is 0. The average molecular weight is 255 g/mol. The monoisotopic (exact) mass is 255 g/mol. The van der Waals surface area contributed by atoms with Crippen molar-refractivity contribution in [2.75, 3.05) is 0 Å². The molecule has 0 fully saturated rings. The normalized spacial score (nSPS) is 5.54. The summed E-state index contributed by atoms with van der Waals surface area (Å²) in [6.45, 7) is 8.25. The molecule has 0 unspecified atom stereocenters. The van der Waals surface area contributed by atoms with Crippen LogP contribution in [0.25, 0.3) is 0 Å². The number of benzene rings is 1. The van der Waals surface area contributed by atoms with Gasteiger partial charge in [0.1, 0.15) is 0 Å². The van der Waals surface area contributed by atoms with E-state index in [1.54, 1.807) is 0 Å². The van der Waals surface area contributed by atoms with Crippen LogP contribution in [0, 0.1) is 13.5 Å². The maximum Gasteiger partial charge on any atom is 0 e. The van der Waals surface area contributed by atoms with E-state index in [2.05, 4.69) is 19.9 Å². The van der Waals surface area contributed by atoms with Gasteiger partial charge < -0.3 is 7.43 Å². The van der Waals surface area contributed by atoms with E-state index in [-0.39, 0.29) is 40.1 Å². The minimum Gasteiger partial charge on any atom is -0.358 e. The molecule has 0 saturated heterocycles. The third kappa shape index (κ3) is 32.8. The molecule has 13 heavy (non-hydrogen) atoms. The third-order valence-electron chi connectivity index (χ3n) is 0.607. The molecule has 0 N–H and O–H groups in total. The van der Waals surface area contributed by atoms with Crippen LogP contribution < -0.4 is 0 Å². The first kappa shape index (κ1) is 23.3. The van der Waals surface area contributed by atoms with Gasteiger partial charge in [-0.1, -0.05) is 34.1 Å². The van der Waals surface area contributed by atoms with E-state index >= 15 is 0 Å². The molecule has 0 atom stereocenters. The van der Waals surface area contributed by atoms with E-state index in [9.17, 15) is 0 Å². The fourth-order valence-electron chi connectivity index (χ4n) is 0.342. The van der Waals surface area contributed by atoms with Gasteiger partial charge >= 0.3 is 0 Å². The van der Waals surface area contributed by atoms with Crippen molar-refractivity contribution in [3.05, 3.63) is 43.8 Å².